The van der Waals surface area contributed by atoms with Crippen LogP contribution in [-0.2, 0) is 14.3 Å². The second-order valence-electron chi connectivity index (χ2n) is 5.84. The van der Waals surface area contributed by atoms with Crippen LogP contribution in [0.1, 0.15) is 40.5 Å². The van der Waals surface area contributed by atoms with E-state index in [9.17, 15) is 18.4 Å². The summed E-state index contributed by atoms with van der Waals surface area (Å²) < 4.78 is 35.9. The van der Waals surface area contributed by atoms with E-state index >= 15 is 0 Å². The van der Waals surface area contributed by atoms with Crippen LogP contribution >= 0.6 is 0 Å². The summed E-state index contributed by atoms with van der Waals surface area (Å²) in [6, 6.07) is -0.982. The maximum Gasteiger partial charge on any atom is 0.408 e. The Bertz CT molecular complexity index is 502. The molecule has 1 amide bonds. The Morgan fingerprint density at radius 2 is 2.00 bits per heavy atom. The van der Waals surface area contributed by atoms with Gasteiger partial charge in [0.2, 0.25) is 0 Å². The third kappa shape index (κ3) is 5.46. The van der Waals surface area contributed by atoms with Gasteiger partial charge in [0, 0.05) is 17.6 Å². The van der Waals surface area contributed by atoms with Crippen LogP contribution in [0.5, 0.6) is 0 Å². The average molecular weight is 317 g/mol. The van der Waals surface area contributed by atoms with Gasteiger partial charge in [-0.2, -0.15) is 8.78 Å². The zero-order chi connectivity index (χ0) is 16.9. The molecule has 1 atom stereocenters. The Balaban J connectivity index is 2.85. The number of carbonyl (C=O) groups is 2. The monoisotopic (exact) mass is 317 g/mol. The summed E-state index contributed by atoms with van der Waals surface area (Å²) in [5.41, 5.74) is -0.691. The van der Waals surface area contributed by atoms with Crippen LogP contribution in [0.15, 0.2) is 23.3 Å². The van der Waals surface area contributed by atoms with Gasteiger partial charge >= 0.3 is 12.1 Å². The number of alkyl carbamates (subject to hydrolysis) is 1. The van der Waals surface area contributed by atoms with E-state index in [1.54, 1.807) is 27.7 Å². The summed E-state index contributed by atoms with van der Waals surface area (Å²) in [5.74, 6) is -0.559. The zero-order valence-corrected chi connectivity index (χ0v) is 13.2. The fourth-order valence-electron chi connectivity index (χ4n) is 1.99. The number of hydrogen-bond donors (Lipinski definition) is 1. The topological polar surface area (TPSA) is 64.6 Å². The standard InChI is InChI=1S/C15H21F2NO4/c1-5-21-13(19)9-6-7-10(12(16)17)11(8-9)18-14(20)22-15(2,3)4/h6,11H,5,7-8H2,1-4H3,(H,18,20)/t11-/m0/s1. The fraction of sp³-hybridized carbons (Fsp3) is 0.600. The third-order valence-corrected chi connectivity index (χ3v) is 2.88. The van der Waals surface area contributed by atoms with Crippen LogP contribution < -0.4 is 5.32 Å². The summed E-state index contributed by atoms with van der Waals surface area (Å²) in [6.45, 7) is 6.86. The predicted molar refractivity (Wildman–Crippen MR) is 76.3 cm³/mol. The summed E-state index contributed by atoms with van der Waals surface area (Å²) in [4.78, 5) is 23.5. The first kappa shape index (κ1) is 18.1. The molecule has 0 saturated carbocycles. The predicted octanol–water partition coefficient (Wildman–Crippen LogP) is 3.31. The van der Waals surface area contributed by atoms with Crippen molar-refractivity contribution in [3.05, 3.63) is 23.3 Å². The Morgan fingerprint density at radius 1 is 1.36 bits per heavy atom. The van der Waals surface area contributed by atoms with Gasteiger partial charge in [-0.25, -0.2) is 9.59 Å². The highest BCUT2D eigenvalue weighted by Crippen LogP contribution is 2.28. The molecule has 0 aromatic heterocycles. The van der Waals surface area contributed by atoms with Crippen molar-refractivity contribution >= 4 is 12.1 Å². The molecule has 124 valence electrons. The van der Waals surface area contributed by atoms with Crippen molar-refractivity contribution in [1.82, 2.24) is 5.32 Å². The molecule has 0 radical (unpaired) electrons. The van der Waals surface area contributed by atoms with E-state index in [-0.39, 0.29) is 30.6 Å². The zero-order valence-electron chi connectivity index (χ0n) is 13.2. The van der Waals surface area contributed by atoms with Gasteiger partial charge in [-0.15, -0.1) is 0 Å². The van der Waals surface area contributed by atoms with Crippen LogP contribution in [0, 0.1) is 0 Å². The molecule has 22 heavy (non-hydrogen) atoms. The average Bonchev–Trinajstić information content (AvgIpc) is 2.36. The van der Waals surface area contributed by atoms with Crippen molar-refractivity contribution in [1.29, 1.82) is 0 Å². The number of carbonyl (C=O) groups excluding carboxylic acids is 2. The van der Waals surface area contributed by atoms with Crippen LogP contribution in [0.3, 0.4) is 0 Å². The Labute approximate surface area is 128 Å². The number of esters is 1. The van der Waals surface area contributed by atoms with Gasteiger partial charge in [0.15, 0.2) is 0 Å². The Hall–Kier alpha value is -1.92. The summed E-state index contributed by atoms with van der Waals surface area (Å²) >= 11 is 0. The van der Waals surface area contributed by atoms with Crippen molar-refractivity contribution in [2.24, 2.45) is 0 Å². The van der Waals surface area contributed by atoms with Gasteiger partial charge in [-0.1, -0.05) is 6.08 Å². The Morgan fingerprint density at radius 3 is 2.50 bits per heavy atom. The molecule has 0 unspecified atom stereocenters. The lowest BCUT2D eigenvalue weighted by Crippen LogP contribution is -2.42. The number of nitrogens with one attached hydrogen (secondary N) is 1. The van der Waals surface area contributed by atoms with Crippen LogP contribution in [-0.4, -0.2) is 30.3 Å². The molecule has 5 nitrogen and oxygen atoms in total. The number of rotatable bonds is 3. The van der Waals surface area contributed by atoms with E-state index < -0.39 is 29.8 Å². The second kappa shape index (κ2) is 7.38. The smallest absolute Gasteiger partial charge is 0.408 e. The molecule has 0 aliphatic heterocycles. The van der Waals surface area contributed by atoms with Gasteiger partial charge in [-0.3, -0.25) is 0 Å². The highest BCUT2D eigenvalue weighted by atomic mass is 19.3. The van der Waals surface area contributed by atoms with Crippen molar-refractivity contribution < 1.29 is 27.8 Å². The molecule has 1 aliphatic rings. The van der Waals surface area contributed by atoms with E-state index in [1.807, 2.05) is 0 Å². The van der Waals surface area contributed by atoms with Crippen molar-refractivity contribution in [2.75, 3.05) is 6.61 Å². The van der Waals surface area contributed by atoms with Crippen LogP contribution in [0.4, 0.5) is 13.6 Å². The SMILES string of the molecule is CCOC(=O)C1=CCC(=C(F)F)[C@@H](NC(=O)OC(C)(C)C)C1. The minimum absolute atomic E-state index is 0.0508. The first-order valence-electron chi connectivity index (χ1n) is 7.03. The highest BCUT2D eigenvalue weighted by molar-refractivity contribution is 5.89. The van der Waals surface area contributed by atoms with E-state index in [2.05, 4.69) is 5.32 Å². The number of amides is 1. The molecule has 7 heteroatoms. The molecule has 0 spiro atoms. The first-order chi connectivity index (χ1) is 10.1. The van der Waals surface area contributed by atoms with Crippen molar-refractivity contribution in [3.63, 3.8) is 0 Å². The number of halogens is 2. The van der Waals surface area contributed by atoms with Crippen LogP contribution in [0.2, 0.25) is 0 Å². The maximum atomic E-state index is 13.0. The molecule has 0 fully saturated rings. The van der Waals surface area contributed by atoms with Gasteiger partial charge in [0.1, 0.15) is 5.60 Å². The number of hydrogen-bond acceptors (Lipinski definition) is 4. The fourth-order valence-corrected chi connectivity index (χ4v) is 1.99. The molecule has 0 bridgehead atoms. The van der Waals surface area contributed by atoms with Crippen LogP contribution in [0.25, 0.3) is 0 Å². The lowest BCUT2D eigenvalue weighted by atomic mass is 9.90. The second-order valence-corrected chi connectivity index (χ2v) is 5.84. The van der Waals surface area contributed by atoms with E-state index in [1.165, 1.54) is 6.08 Å². The lowest BCUT2D eigenvalue weighted by molar-refractivity contribution is -0.138. The molecule has 0 saturated heterocycles. The molecule has 1 rings (SSSR count). The molecular weight excluding hydrogens is 296 g/mol. The first-order valence-corrected chi connectivity index (χ1v) is 7.03. The minimum atomic E-state index is -1.86. The lowest BCUT2D eigenvalue weighted by Gasteiger charge is -2.27. The minimum Gasteiger partial charge on any atom is -0.463 e. The van der Waals surface area contributed by atoms with Gasteiger partial charge in [0.05, 0.1) is 12.6 Å². The Kier molecular flexibility index (Phi) is 6.08. The molecule has 1 N–H and O–H groups in total. The maximum absolute atomic E-state index is 13.0. The molecular formula is C15H21F2NO4. The van der Waals surface area contributed by atoms with Gasteiger partial charge < -0.3 is 14.8 Å². The van der Waals surface area contributed by atoms with Gasteiger partial charge in [0.25, 0.3) is 6.08 Å². The largest absolute Gasteiger partial charge is 0.463 e. The molecule has 0 aromatic rings. The van der Waals surface area contributed by atoms with Gasteiger partial charge in [-0.05, 0) is 34.1 Å². The number of ether oxygens (including phenoxy) is 2. The summed E-state index contributed by atoms with van der Waals surface area (Å²) in [7, 11) is 0. The normalized spacial score (nSPS) is 18.4. The highest BCUT2D eigenvalue weighted by Gasteiger charge is 2.30. The summed E-state index contributed by atoms with van der Waals surface area (Å²) in [6.07, 6.45) is -1.43. The molecule has 0 aromatic carbocycles. The van der Waals surface area contributed by atoms with Crippen molar-refractivity contribution in [2.45, 2.75) is 52.2 Å². The van der Waals surface area contributed by atoms with E-state index in [4.69, 9.17) is 9.47 Å². The molecule has 1 aliphatic carbocycles. The molecule has 0 heterocycles. The third-order valence-electron chi connectivity index (χ3n) is 2.88. The summed E-state index contributed by atoms with van der Waals surface area (Å²) in [5, 5.41) is 2.39. The quantitative estimate of drug-likeness (QED) is 0.811. The van der Waals surface area contributed by atoms with E-state index in [0.717, 1.165) is 0 Å². The van der Waals surface area contributed by atoms with Crippen molar-refractivity contribution in [3.8, 4) is 0 Å². The van der Waals surface area contributed by atoms with E-state index in [0.29, 0.717) is 0 Å². The number of allylic oxidation sites excluding steroid dienone is 1.